The fourth-order valence-electron chi connectivity index (χ4n) is 1.20. The summed E-state index contributed by atoms with van der Waals surface area (Å²) in [6.45, 7) is 4.26. The van der Waals surface area contributed by atoms with Crippen LogP contribution in [-0.2, 0) is 9.53 Å². The number of aliphatic hydroxyl groups is 1. The Balaban J connectivity index is 2.66. The molecule has 13 heavy (non-hydrogen) atoms. The first-order chi connectivity index (χ1) is 6.14. The van der Waals surface area contributed by atoms with Crippen molar-refractivity contribution in [1.82, 2.24) is 0 Å². The van der Waals surface area contributed by atoms with Crippen LogP contribution in [0.2, 0.25) is 0 Å². The summed E-state index contributed by atoms with van der Waals surface area (Å²) in [5.74, 6) is -0.0967. The minimum absolute atomic E-state index is 0.0967. The van der Waals surface area contributed by atoms with E-state index in [2.05, 4.69) is 0 Å². The maximum Gasteiger partial charge on any atom is 0.189 e. The zero-order valence-corrected chi connectivity index (χ0v) is 8.17. The molecule has 0 aromatic rings. The molecule has 0 aliphatic carbocycles. The maximum absolute atomic E-state index is 11.6. The lowest BCUT2D eigenvalue weighted by Gasteiger charge is -2.38. The molecule has 1 atom stereocenters. The number of rotatable bonds is 4. The van der Waals surface area contributed by atoms with E-state index in [1.165, 1.54) is 0 Å². The Morgan fingerprint density at radius 1 is 1.69 bits per heavy atom. The molecule has 1 aliphatic rings. The van der Waals surface area contributed by atoms with Crippen molar-refractivity contribution < 1.29 is 14.6 Å². The summed E-state index contributed by atoms with van der Waals surface area (Å²) in [6, 6.07) is 0. The van der Waals surface area contributed by atoms with Gasteiger partial charge in [0.15, 0.2) is 11.4 Å². The number of ketones is 1. The second-order valence-electron chi connectivity index (χ2n) is 3.46. The Hall–Kier alpha value is -0.670. The first-order valence-electron chi connectivity index (χ1n) is 4.61. The molecular formula is C10H16O3. The summed E-state index contributed by atoms with van der Waals surface area (Å²) in [5, 5.41) is 9.02. The summed E-state index contributed by atoms with van der Waals surface area (Å²) in [7, 11) is 0. The van der Waals surface area contributed by atoms with Crippen LogP contribution >= 0.6 is 0 Å². The molecule has 1 saturated heterocycles. The van der Waals surface area contributed by atoms with Crippen molar-refractivity contribution in [3.8, 4) is 0 Å². The van der Waals surface area contributed by atoms with Crippen LogP contribution in [0.1, 0.15) is 26.7 Å². The van der Waals surface area contributed by atoms with E-state index in [9.17, 15) is 4.79 Å². The number of ether oxygens (including phenoxy) is 1. The standard InChI is InChI=1S/C10H16O3/c1-3-8(2)6-9(12)10(7-11)4-5-13-10/h6,11H,3-5,7H2,1-2H3. The fourth-order valence-corrected chi connectivity index (χ4v) is 1.20. The van der Waals surface area contributed by atoms with E-state index < -0.39 is 5.60 Å². The predicted molar refractivity (Wildman–Crippen MR) is 49.4 cm³/mol. The number of hydrogen-bond acceptors (Lipinski definition) is 3. The molecule has 0 spiro atoms. The highest BCUT2D eigenvalue weighted by atomic mass is 16.5. The zero-order valence-electron chi connectivity index (χ0n) is 8.17. The van der Waals surface area contributed by atoms with Crippen LogP contribution in [-0.4, -0.2) is 29.7 Å². The number of carbonyl (C=O) groups is 1. The van der Waals surface area contributed by atoms with Crippen LogP contribution < -0.4 is 0 Å². The minimum Gasteiger partial charge on any atom is -0.393 e. The van der Waals surface area contributed by atoms with Crippen molar-refractivity contribution in [2.45, 2.75) is 32.3 Å². The van der Waals surface area contributed by atoms with Crippen molar-refractivity contribution in [3.05, 3.63) is 11.6 Å². The fraction of sp³-hybridized carbons (Fsp3) is 0.700. The lowest BCUT2D eigenvalue weighted by Crippen LogP contribution is -2.53. The molecular weight excluding hydrogens is 168 g/mol. The van der Waals surface area contributed by atoms with Gasteiger partial charge in [-0.05, 0) is 19.4 Å². The van der Waals surface area contributed by atoms with Crippen LogP contribution in [0.15, 0.2) is 11.6 Å². The van der Waals surface area contributed by atoms with E-state index >= 15 is 0 Å². The van der Waals surface area contributed by atoms with Crippen molar-refractivity contribution in [1.29, 1.82) is 0 Å². The first-order valence-corrected chi connectivity index (χ1v) is 4.61. The van der Waals surface area contributed by atoms with Crippen LogP contribution in [0.5, 0.6) is 0 Å². The van der Waals surface area contributed by atoms with E-state index in [-0.39, 0.29) is 12.4 Å². The monoisotopic (exact) mass is 184 g/mol. The van der Waals surface area contributed by atoms with Crippen molar-refractivity contribution in [2.75, 3.05) is 13.2 Å². The molecule has 1 unspecified atom stereocenters. The Labute approximate surface area is 78.4 Å². The van der Waals surface area contributed by atoms with Gasteiger partial charge in [0, 0.05) is 6.42 Å². The largest absolute Gasteiger partial charge is 0.393 e. The van der Waals surface area contributed by atoms with Gasteiger partial charge in [-0.25, -0.2) is 0 Å². The van der Waals surface area contributed by atoms with E-state index in [0.29, 0.717) is 13.0 Å². The molecule has 1 N–H and O–H groups in total. The number of aliphatic hydroxyl groups excluding tert-OH is 1. The van der Waals surface area contributed by atoms with Gasteiger partial charge < -0.3 is 9.84 Å². The third-order valence-corrected chi connectivity index (χ3v) is 2.52. The summed E-state index contributed by atoms with van der Waals surface area (Å²) in [4.78, 5) is 11.6. The first kappa shape index (κ1) is 10.4. The maximum atomic E-state index is 11.6. The van der Waals surface area contributed by atoms with Crippen LogP contribution in [0.4, 0.5) is 0 Å². The molecule has 1 fully saturated rings. The smallest absolute Gasteiger partial charge is 0.189 e. The molecule has 0 radical (unpaired) electrons. The average molecular weight is 184 g/mol. The number of allylic oxidation sites excluding steroid dienone is 1. The number of hydrogen-bond donors (Lipinski definition) is 1. The van der Waals surface area contributed by atoms with Gasteiger partial charge in [0.1, 0.15) is 0 Å². The third kappa shape index (κ3) is 1.98. The Morgan fingerprint density at radius 2 is 2.31 bits per heavy atom. The third-order valence-electron chi connectivity index (χ3n) is 2.52. The van der Waals surface area contributed by atoms with E-state index in [4.69, 9.17) is 9.84 Å². The molecule has 0 aromatic heterocycles. The van der Waals surface area contributed by atoms with E-state index in [1.54, 1.807) is 6.08 Å². The van der Waals surface area contributed by atoms with Crippen LogP contribution in [0.25, 0.3) is 0 Å². The second-order valence-corrected chi connectivity index (χ2v) is 3.46. The quantitative estimate of drug-likeness (QED) is 0.665. The van der Waals surface area contributed by atoms with E-state index in [1.807, 2.05) is 13.8 Å². The summed E-state index contributed by atoms with van der Waals surface area (Å²) >= 11 is 0. The summed E-state index contributed by atoms with van der Waals surface area (Å²) in [6.07, 6.45) is 3.07. The highest BCUT2D eigenvalue weighted by molar-refractivity contribution is 5.98. The van der Waals surface area contributed by atoms with Gasteiger partial charge in [-0.15, -0.1) is 0 Å². The normalized spacial score (nSPS) is 28.4. The van der Waals surface area contributed by atoms with Crippen molar-refractivity contribution >= 4 is 5.78 Å². The Kier molecular flexibility index (Phi) is 3.22. The van der Waals surface area contributed by atoms with Crippen molar-refractivity contribution in [3.63, 3.8) is 0 Å². The molecule has 3 nitrogen and oxygen atoms in total. The zero-order chi connectivity index (χ0) is 9.90. The van der Waals surface area contributed by atoms with Gasteiger partial charge in [-0.3, -0.25) is 4.79 Å². The highest BCUT2D eigenvalue weighted by Gasteiger charge is 2.43. The Morgan fingerprint density at radius 3 is 2.62 bits per heavy atom. The summed E-state index contributed by atoms with van der Waals surface area (Å²) < 4.78 is 5.13. The van der Waals surface area contributed by atoms with Gasteiger partial charge in [0.25, 0.3) is 0 Å². The molecule has 1 heterocycles. The topological polar surface area (TPSA) is 46.5 Å². The molecule has 0 saturated carbocycles. The minimum atomic E-state index is -0.906. The molecule has 3 heteroatoms. The summed E-state index contributed by atoms with van der Waals surface area (Å²) in [5.41, 5.74) is 0.115. The molecule has 0 amide bonds. The highest BCUT2D eigenvalue weighted by Crippen LogP contribution is 2.27. The van der Waals surface area contributed by atoms with Gasteiger partial charge in [0.05, 0.1) is 13.2 Å². The number of carbonyl (C=O) groups excluding carboxylic acids is 1. The van der Waals surface area contributed by atoms with Crippen LogP contribution in [0, 0.1) is 0 Å². The van der Waals surface area contributed by atoms with Gasteiger partial charge in [-0.1, -0.05) is 12.5 Å². The Bertz CT molecular complexity index is 221. The molecule has 1 aliphatic heterocycles. The van der Waals surface area contributed by atoms with Crippen LogP contribution in [0.3, 0.4) is 0 Å². The SMILES string of the molecule is CCC(C)=CC(=O)C1(CO)CCO1. The molecule has 0 aromatic carbocycles. The lowest BCUT2D eigenvalue weighted by atomic mass is 9.89. The van der Waals surface area contributed by atoms with E-state index in [0.717, 1.165) is 12.0 Å². The average Bonchev–Trinajstić information content (AvgIpc) is 2.03. The molecule has 0 bridgehead atoms. The second kappa shape index (κ2) is 4.03. The molecule has 1 rings (SSSR count). The van der Waals surface area contributed by atoms with Crippen molar-refractivity contribution in [2.24, 2.45) is 0 Å². The predicted octanol–water partition coefficient (Wildman–Crippen LogP) is 1.06. The molecule has 74 valence electrons. The lowest BCUT2D eigenvalue weighted by molar-refractivity contribution is -0.180. The van der Waals surface area contributed by atoms with Gasteiger partial charge in [0.2, 0.25) is 0 Å². The van der Waals surface area contributed by atoms with Gasteiger partial charge >= 0.3 is 0 Å². The van der Waals surface area contributed by atoms with Gasteiger partial charge in [-0.2, -0.15) is 0 Å².